The summed E-state index contributed by atoms with van der Waals surface area (Å²) in [7, 11) is 0. The number of benzene rings is 1. The van der Waals surface area contributed by atoms with E-state index in [2.05, 4.69) is 0 Å². The molecule has 1 amide bonds. The van der Waals surface area contributed by atoms with Gasteiger partial charge in [0.05, 0.1) is 4.92 Å². The van der Waals surface area contributed by atoms with Gasteiger partial charge in [-0.3, -0.25) is 14.9 Å². The molecule has 0 N–H and O–H groups in total. The van der Waals surface area contributed by atoms with Gasteiger partial charge in [-0.25, -0.2) is 4.79 Å². The number of nitrogens with zero attached hydrogens (tertiary/aromatic N) is 2. The van der Waals surface area contributed by atoms with Crippen molar-refractivity contribution in [1.82, 2.24) is 4.90 Å². The fourth-order valence-corrected chi connectivity index (χ4v) is 3.74. The van der Waals surface area contributed by atoms with Crippen molar-refractivity contribution in [3.05, 3.63) is 51.2 Å². The number of nitro groups is 1. The zero-order valence-corrected chi connectivity index (χ0v) is 14.6. The number of β-lactam (4-membered cyclic amide) rings is 1. The molecule has 0 spiro atoms. The zero-order valence-electron chi connectivity index (χ0n) is 13.8. The highest BCUT2D eigenvalue weighted by Gasteiger charge is 2.47. The first kappa shape index (κ1) is 17.5. The third-order valence-electron chi connectivity index (χ3n) is 4.29. The molecule has 1 fully saturated rings. The topological polar surface area (TPSA) is 89.8 Å². The van der Waals surface area contributed by atoms with Crippen LogP contribution in [0.15, 0.2) is 35.5 Å². The molecular formula is C17H18N2O5S. The summed E-state index contributed by atoms with van der Waals surface area (Å²) in [5.41, 5.74) is 2.01. The van der Waals surface area contributed by atoms with Crippen molar-refractivity contribution >= 4 is 29.3 Å². The van der Waals surface area contributed by atoms with Gasteiger partial charge in [-0.1, -0.05) is 6.92 Å². The van der Waals surface area contributed by atoms with Gasteiger partial charge in [0.1, 0.15) is 12.3 Å². The smallest absolute Gasteiger partial charge is 0.355 e. The number of fused-ring (bicyclic) bond motifs is 1. The van der Waals surface area contributed by atoms with Gasteiger partial charge in [-0.05, 0) is 35.4 Å². The minimum Gasteiger partial charge on any atom is -0.456 e. The van der Waals surface area contributed by atoms with Crippen molar-refractivity contribution in [2.45, 2.75) is 32.4 Å². The highest BCUT2D eigenvalue weighted by Crippen LogP contribution is 2.40. The van der Waals surface area contributed by atoms with Crippen LogP contribution in [0.2, 0.25) is 0 Å². The molecule has 1 saturated heterocycles. The van der Waals surface area contributed by atoms with Gasteiger partial charge in [0.25, 0.3) is 5.69 Å². The van der Waals surface area contributed by atoms with Crippen LogP contribution < -0.4 is 0 Å². The van der Waals surface area contributed by atoms with E-state index in [4.69, 9.17) is 4.74 Å². The van der Waals surface area contributed by atoms with Crippen LogP contribution in [-0.2, 0) is 20.9 Å². The number of thioether (sulfide) groups is 1. The number of amides is 1. The number of carbonyl (C=O) groups excluding carboxylic acids is 2. The Morgan fingerprint density at radius 2 is 2.08 bits per heavy atom. The van der Waals surface area contributed by atoms with Gasteiger partial charge >= 0.3 is 5.97 Å². The number of esters is 1. The Morgan fingerprint density at radius 3 is 2.68 bits per heavy atom. The summed E-state index contributed by atoms with van der Waals surface area (Å²) in [5.74, 6) is 1.12. The molecule has 2 aliphatic rings. The van der Waals surface area contributed by atoms with E-state index < -0.39 is 10.9 Å². The maximum atomic E-state index is 12.5. The molecule has 132 valence electrons. The van der Waals surface area contributed by atoms with Gasteiger partial charge < -0.3 is 9.64 Å². The van der Waals surface area contributed by atoms with Crippen molar-refractivity contribution in [2.75, 3.05) is 11.5 Å². The molecule has 8 heteroatoms. The molecule has 0 saturated carbocycles. The number of non-ortho nitro benzene ring substituents is 1. The fraction of sp³-hybridized carbons (Fsp3) is 0.412. The average Bonchev–Trinajstić information content (AvgIpc) is 2.90. The lowest BCUT2D eigenvalue weighted by atomic mass is 10.0. The monoisotopic (exact) mass is 362 g/mol. The number of nitro benzene ring substituents is 1. The van der Waals surface area contributed by atoms with Crippen LogP contribution in [-0.4, -0.2) is 39.2 Å². The molecule has 7 nitrogen and oxygen atoms in total. The minimum atomic E-state index is -0.499. The average molecular weight is 362 g/mol. The van der Waals surface area contributed by atoms with Crippen molar-refractivity contribution in [3.63, 3.8) is 0 Å². The normalized spacial score (nSPS) is 18.8. The summed E-state index contributed by atoms with van der Waals surface area (Å²) in [6, 6.07) is 5.95. The Kier molecular flexibility index (Phi) is 5.08. The van der Waals surface area contributed by atoms with Crippen LogP contribution in [0.1, 0.15) is 25.3 Å². The second-order valence-corrected chi connectivity index (χ2v) is 7.19. The van der Waals surface area contributed by atoms with Gasteiger partial charge in [0, 0.05) is 30.3 Å². The van der Waals surface area contributed by atoms with Crippen LogP contribution in [0.3, 0.4) is 0 Å². The molecule has 1 atom stereocenters. The Bertz CT molecular complexity index is 744. The highest BCUT2D eigenvalue weighted by molar-refractivity contribution is 7.99. The maximum absolute atomic E-state index is 12.5. The Balaban J connectivity index is 1.67. The number of ether oxygens (including phenoxy) is 1. The van der Waals surface area contributed by atoms with Gasteiger partial charge in [-0.15, -0.1) is 0 Å². The van der Waals surface area contributed by atoms with Crippen molar-refractivity contribution < 1.29 is 19.2 Å². The SMILES string of the molecule is CCSCC1=C(C(=O)OCc2ccc([N+](=O)[O-])cc2)N2C(=O)CC2C1. The second-order valence-electron chi connectivity index (χ2n) is 5.91. The van der Waals surface area contributed by atoms with Crippen LogP contribution in [0.25, 0.3) is 0 Å². The Labute approximate surface area is 149 Å². The number of rotatable bonds is 7. The lowest BCUT2D eigenvalue weighted by Gasteiger charge is -2.35. The van der Waals surface area contributed by atoms with Crippen LogP contribution in [0.5, 0.6) is 0 Å². The maximum Gasteiger partial charge on any atom is 0.355 e. The summed E-state index contributed by atoms with van der Waals surface area (Å²) < 4.78 is 5.35. The minimum absolute atomic E-state index is 0.0125. The lowest BCUT2D eigenvalue weighted by molar-refractivity contribution is -0.384. The number of hydrogen-bond donors (Lipinski definition) is 0. The molecule has 1 aromatic rings. The van der Waals surface area contributed by atoms with Gasteiger partial charge in [0.2, 0.25) is 5.91 Å². The largest absolute Gasteiger partial charge is 0.456 e. The first-order valence-corrected chi connectivity index (χ1v) is 9.19. The number of hydrogen-bond acceptors (Lipinski definition) is 6. The molecule has 1 aromatic carbocycles. The van der Waals surface area contributed by atoms with E-state index in [-0.39, 0.29) is 24.2 Å². The van der Waals surface area contributed by atoms with Gasteiger partial charge in [-0.2, -0.15) is 11.8 Å². The molecule has 0 bridgehead atoms. The van der Waals surface area contributed by atoms with E-state index in [0.717, 1.165) is 23.5 Å². The quantitative estimate of drug-likeness (QED) is 0.321. The first-order chi connectivity index (χ1) is 12.0. The second kappa shape index (κ2) is 7.26. The third-order valence-corrected chi connectivity index (χ3v) is 5.25. The molecule has 0 aromatic heterocycles. The Hall–Kier alpha value is -2.35. The third kappa shape index (κ3) is 3.53. The molecule has 0 radical (unpaired) electrons. The predicted molar refractivity (Wildman–Crippen MR) is 92.8 cm³/mol. The fourth-order valence-electron chi connectivity index (χ4n) is 3.03. The highest BCUT2D eigenvalue weighted by atomic mass is 32.2. The van der Waals surface area contributed by atoms with E-state index in [0.29, 0.717) is 17.7 Å². The zero-order chi connectivity index (χ0) is 18.0. The van der Waals surface area contributed by atoms with Crippen LogP contribution in [0, 0.1) is 10.1 Å². The first-order valence-electron chi connectivity index (χ1n) is 8.03. The molecular weight excluding hydrogens is 344 g/mol. The standard InChI is InChI=1S/C17H18N2O5S/c1-2-25-10-12-7-14-8-15(20)18(14)16(12)17(21)24-9-11-3-5-13(6-4-11)19(22)23/h3-6,14H,2,7-10H2,1H3. The van der Waals surface area contributed by atoms with E-state index in [1.165, 1.54) is 12.1 Å². The van der Waals surface area contributed by atoms with Crippen LogP contribution in [0.4, 0.5) is 5.69 Å². The molecule has 0 aliphatic carbocycles. The summed E-state index contributed by atoms with van der Waals surface area (Å²) in [6.07, 6.45) is 1.22. The molecule has 1 unspecified atom stereocenters. The lowest BCUT2D eigenvalue weighted by Crippen LogP contribution is -2.49. The van der Waals surface area contributed by atoms with E-state index in [9.17, 15) is 19.7 Å². The summed E-state index contributed by atoms with van der Waals surface area (Å²) in [6.45, 7) is 2.06. The predicted octanol–water partition coefficient (Wildman–Crippen LogP) is 2.65. The molecule has 25 heavy (non-hydrogen) atoms. The van der Waals surface area contributed by atoms with Crippen molar-refractivity contribution in [1.29, 1.82) is 0 Å². The van der Waals surface area contributed by atoms with E-state index in [1.807, 2.05) is 6.92 Å². The van der Waals surface area contributed by atoms with Crippen molar-refractivity contribution in [3.8, 4) is 0 Å². The summed E-state index contributed by atoms with van der Waals surface area (Å²) in [4.78, 5) is 36.1. The summed E-state index contributed by atoms with van der Waals surface area (Å²) >= 11 is 1.71. The summed E-state index contributed by atoms with van der Waals surface area (Å²) in [5, 5.41) is 10.7. The van der Waals surface area contributed by atoms with E-state index >= 15 is 0 Å². The molecule has 3 rings (SSSR count). The molecule has 2 heterocycles. The number of carbonyl (C=O) groups is 2. The molecule has 2 aliphatic heterocycles. The van der Waals surface area contributed by atoms with E-state index in [1.54, 1.807) is 28.8 Å². The van der Waals surface area contributed by atoms with Crippen LogP contribution >= 0.6 is 11.8 Å². The Morgan fingerprint density at radius 1 is 1.36 bits per heavy atom. The van der Waals surface area contributed by atoms with Gasteiger partial charge in [0.15, 0.2) is 0 Å². The van der Waals surface area contributed by atoms with Crippen molar-refractivity contribution in [2.24, 2.45) is 0 Å².